The molecule has 3 nitrogen and oxygen atoms in total. The summed E-state index contributed by atoms with van der Waals surface area (Å²) >= 11 is 3.54. The van der Waals surface area contributed by atoms with Crippen LogP contribution in [0.2, 0.25) is 0 Å². The number of halogens is 1. The normalized spacial score (nSPS) is 10.2. The maximum Gasteiger partial charge on any atom is 0.145 e. The Morgan fingerprint density at radius 2 is 1.86 bits per heavy atom. The van der Waals surface area contributed by atoms with Crippen molar-refractivity contribution in [3.05, 3.63) is 57.1 Å². The van der Waals surface area contributed by atoms with E-state index in [9.17, 15) is 5.26 Å². The summed E-state index contributed by atoms with van der Waals surface area (Å²) in [5.74, 6) is 1.32. The number of ether oxygens (including phenoxy) is 1. The topological polar surface area (TPSA) is 45.0 Å². The highest BCUT2D eigenvalue weighted by Crippen LogP contribution is 2.31. The summed E-state index contributed by atoms with van der Waals surface area (Å²) in [6.07, 6.45) is 0. The van der Waals surface area contributed by atoms with Gasteiger partial charge in [0.2, 0.25) is 0 Å². The zero-order valence-electron chi connectivity index (χ0n) is 12.3. The monoisotopic (exact) mass is 344 g/mol. The summed E-state index contributed by atoms with van der Waals surface area (Å²) in [6.45, 7) is 4.77. The Morgan fingerprint density at radius 3 is 2.43 bits per heavy atom. The third-order valence-electron chi connectivity index (χ3n) is 3.18. The van der Waals surface area contributed by atoms with Crippen molar-refractivity contribution in [2.24, 2.45) is 0 Å². The molecule has 0 spiro atoms. The van der Waals surface area contributed by atoms with Gasteiger partial charge in [0.1, 0.15) is 17.6 Å². The molecule has 0 saturated carbocycles. The van der Waals surface area contributed by atoms with Gasteiger partial charge in [-0.15, -0.1) is 0 Å². The largest absolute Gasteiger partial charge is 0.456 e. The van der Waals surface area contributed by atoms with Crippen molar-refractivity contribution in [1.82, 2.24) is 5.32 Å². The number of rotatable bonds is 4. The van der Waals surface area contributed by atoms with Crippen molar-refractivity contribution in [3.63, 3.8) is 0 Å². The van der Waals surface area contributed by atoms with Crippen LogP contribution in [0.25, 0.3) is 0 Å². The average molecular weight is 345 g/mol. The Balaban J connectivity index is 2.33. The predicted octanol–water partition coefficient (Wildman–Crippen LogP) is 4.45. The number of aryl methyl sites for hydroxylation is 2. The molecule has 0 saturated heterocycles. The van der Waals surface area contributed by atoms with Gasteiger partial charge in [-0.05, 0) is 61.9 Å². The number of benzene rings is 2. The Hall–Kier alpha value is -1.83. The number of hydrogen-bond acceptors (Lipinski definition) is 3. The Kier molecular flexibility index (Phi) is 5.00. The summed E-state index contributed by atoms with van der Waals surface area (Å²) in [7, 11) is 1.88. The minimum Gasteiger partial charge on any atom is -0.456 e. The van der Waals surface area contributed by atoms with Gasteiger partial charge >= 0.3 is 0 Å². The van der Waals surface area contributed by atoms with Crippen molar-refractivity contribution < 1.29 is 4.74 Å². The molecule has 4 heteroatoms. The van der Waals surface area contributed by atoms with E-state index in [4.69, 9.17) is 4.74 Å². The van der Waals surface area contributed by atoms with Crippen LogP contribution in [0.15, 0.2) is 34.8 Å². The van der Waals surface area contributed by atoms with E-state index in [1.165, 1.54) is 0 Å². The number of nitrogens with zero attached hydrogens (tertiary/aromatic N) is 1. The van der Waals surface area contributed by atoms with E-state index in [0.717, 1.165) is 33.5 Å². The molecule has 0 heterocycles. The highest BCUT2D eigenvalue weighted by atomic mass is 79.9. The molecule has 108 valence electrons. The van der Waals surface area contributed by atoms with E-state index in [1.54, 1.807) is 0 Å². The van der Waals surface area contributed by atoms with Crippen LogP contribution in [0.4, 0.5) is 0 Å². The zero-order valence-corrected chi connectivity index (χ0v) is 13.9. The fraction of sp³-hybridized carbons (Fsp3) is 0.235. The molecule has 1 N–H and O–H groups in total. The van der Waals surface area contributed by atoms with Gasteiger partial charge in [0.05, 0.1) is 5.56 Å². The molecule has 2 rings (SSSR count). The van der Waals surface area contributed by atoms with E-state index >= 15 is 0 Å². The average Bonchev–Trinajstić information content (AvgIpc) is 2.46. The standard InChI is InChI=1S/C17H17BrN2O/c1-11-6-15(7-12(2)17(11)18)21-16-5-4-13(10-20-3)8-14(16)9-19/h4-8,20H,10H2,1-3H3. The van der Waals surface area contributed by atoms with Crippen LogP contribution >= 0.6 is 15.9 Å². The van der Waals surface area contributed by atoms with E-state index in [2.05, 4.69) is 27.3 Å². The van der Waals surface area contributed by atoms with E-state index < -0.39 is 0 Å². The van der Waals surface area contributed by atoms with Crippen molar-refractivity contribution in [1.29, 1.82) is 5.26 Å². The highest BCUT2D eigenvalue weighted by Gasteiger charge is 2.08. The van der Waals surface area contributed by atoms with Gasteiger partial charge in [-0.3, -0.25) is 0 Å². The minimum absolute atomic E-state index is 0.543. The Bertz CT molecular complexity index is 681. The van der Waals surface area contributed by atoms with Gasteiger partial charge in [0.25, 0.3) is 0 Å². The summed E-state index contributed by atoms with van der Waals surface area (Å²) in [4.78, 5) is 0. The van der Waals surface area contributed by atoms with Crippen LogP contribution in [-0.4, -0.2) is 7.05 Å². The van der Waals surface area contributed by atoms with Crippen LogP contribution in [-0.2, 0) is 6.54 Å². The van der Waals surface area contributed by atoms with Gasteiger partial charge < -0.3 is 10.1 Å². The molecule has 0 aliphatic rings. The summed E-state index contributed by atoms with van der Waals surface area (Å²) in [5.41, 5.74) is 3.82. The molecule has 0 aliphatic heterocycles. The van der Waals surface area contributed by atoms with Crippen LogP contribution in [0.5, 0.6) is 11.5 Å². The lowest BCUT2D eigenvalue weighted by molar-refractivity contribution is 0.480. The third kappa shape index (κ3) is 3.63. The lowest BCUT2D eigenvalue weighted by Gasteiger charge is -2.12. The molecule has 0 aliphatic carbocycles. The maximum absolute atomic E-state index is 9.28. The Morgan fingerprint density at radius 1 is 1.19 bits per heavy atom. The molecule has 0 unspecified atom stereocenters. The molecule has 21 heavy (non-hydrogen) atoms. The first-order chi connectivity index (χ1) is 10.0. The molecular weight excluding hydrogens is 328 g/mol. The van der Waals surface area contributed by atoms with Crippen molar-refractivity contribution in [2.75, 3.05) is 7.05 Å². The SMILES string of the molecule is CNCc1ccc(Oc2cc(C)c(Br)c(C)c2)c(C#N)c1. The fourth-order valence-corrected chi connectivity index (χ4v) is 2.39. The summed E-state index contributed by atoms with van der Waals surface area (Å²) in [5, 5.41) is 12.4. The molecule has 0 atom stereocenters. The van der Waals surface area contributed by atoms with Crippen molar-refractivity contribution >= 4 is 15.9 Å². The number of nitrogens with one attached hydrogen (secondary N) is 1. The van der Waals surface area contributed by atoms with Gasteiger partial charge in [0.15, 0.2) is 0 Å². The van der Waals surface area contributed by atoms with Crippen LogP contribution < -0.4 is 10.1 Å². The first-order valence-electron chi connectivity index (χ1n) is 6.67. The molecule has 0 amide bonds. The predicted molar refractivity (Wildman–Crippen MR) is 87.6 cm³/mol. The molecular formula is C17H17BrN2O. The minimum atomic E-state index is 0.543. The smallest absolute Gasteiger partial charge is 0.145 e. The van der Waals surface area contributed by atoms with Crippen LogP contribution in [0.1, 0.15) is 22.3 Å². The van der Waals surface area contributed by atoms with Gasteiger partial charge in [0, 0.05) is 11.0 Å². The van der Waals surface area contributed by atoms with Crippen molar-refractivity contribution in [2.45, 2.75) is 20.4 Å². The van der Waals surface area contributed by atoms with Crippen LogP contribution in [0, 0.1) is 25.2 Å². The highest BCUT2D eigenvalue weighted by molar-refractivity contribution is 9.10. The zero-order chi connectivity index (χ0) is 15.4. The fourth-order valence-electron chi connectivity index (χ4n) is 2.16. The van der Waals surface area contributed by atoms with Gasteiger partial charge in [-0.2, -0.15) is 5.26 Å². The quantitative estimate of drug-likeness (QED) is 0.890. The van der Waals surface area contributed by atoms with E-state index in [-0.39, 0.29) is 0 Å². The maximum atomic E-state index is 9.28. The molecule has 0 fully saturated rings. The second-order valence-electron chi connectivity index (χ2n) is 4.95. The lowest BCUT2D eigenvalue weighted by atomic mass is 10.1. The number of nitriles is 1. The molecule has 0 aromatic heterocycles. The second-order valence-corrected chi connectivity index (χ2v) is 5.74. The molecule has 2 aromatic carbocycles. The van der Waals surface area contributed by atoms with Gasteiger partial charge in [-0.25, -0.2) is 0 Å². The van der Waals surface area contributed by atoms with Gasteiger partial charge in [-0.1, -0.05) is 22.0 Å². The second kappa shape index (κ2) is 6.75. The van der Waals surface area contributed by atoms with Crippen molar-refractivity contribution in [3.8, 4) is 17.6 Å². The number of hydrogen-bond donors (Lipinski definition) is 1. The molecule has 0 bridgehead atoms. The first-order valence-corrected chi connectivity index (χ1v) is 7.46. The van der Waals surface area contributed by atoms with E-state index in [1.807, 2.05) is 51.2 Å². The summed E-state index contributed by atoms with van der Waals surface area (Å²) in [6, 6.07) is 11.8. The molecule has 0 radical (unpaired) electrons. The first kappa shape index (κ1) is 15.6. The van der Waals surface area contributed by atoms with E-state index in [0.29, 0.717) is 11.3 Å². The Labute approximate surface area is 133 Å². The van der Waals surface area contributed by atoms with Crippen LogP contribution in [0.3, 0.4) is 0 Å². The summed E-state index contributed by atoms with van der Waals surface area (Å²) < 4.78 is 6.97. The lowest BCUT2D eigenvalue weighted by Crippen LogP contribution is -2.05. The molecule has 2 aromatic rings. The third-order valence-corrected chi connectivity index (χ3v) is 4.43.